The van der Waals surface area contributed by atoms with Crippen LogP contribution in [-0.2, 0) is 4.79 Å². The fraction of sp³-hybridized carbons (Fsp3) is 0.526. The summed E-state index contributed by atoms with van der Waals surface area (Å²) in [5.41, 5.74) is 1.32. The van der Waals surface area contributed by atoms with Gasteiger partial charge in [-0.05, 0) is 49.4 Å². The molecule has 1 aromatic rings. The molecule has 4 nitrogen and oxygen atoms in total. The van der Waals surface area contributed by atoms with Crippen LogP contribution < -0.4 is 14.8 Å². The quantitative estimate of drug-likeness (QED) is 0.619. The van der Waals surface area contributed by atoms with Crippen molar-refractivity contribution < 1.29 is 14.3 Å². The first-order valence-electron chi connectivity index (χ1n) is 8.06. The Kier molecular flexibility index (Phi) is 5.34. The Morgan fingerprint density at radius 1 is 1.22 bits per heavy atom. The van der Waals surface area contributed by atoms with Gasteiger partial charge in [-0.15, -0.1) is 0 Å². The largest absolute Gasteiger partial charge is 0.497 e. The normalized spacial score (nSPS) is 21.3. The molecule has 0 unspecified atom stereocenters. The van der Waals surface area contributed by atoms with E-state index in [0.29, 0.717) is 19.1 Å². The number of carbonyl (C=O) groups excluding carboxylic acids is 1. The summed E-state index contributed by atoms with van der Waals surface area (Å²) in [5.74, 6) is 2.10. The van der Waals surface area contributed by atoms with Crippen molar-refractivity contribution in [1.29, 1.82) is 0 Å². The Morgan fingerprint density at radius 2 is 1.83 bits per heavy atom. The van der Waals surface area contributed by atoms with Gasteiger partial charge < -0.3 is 14.8 Å². The third-order valence-corrected chi connectivity index (χ3v) is 4.44. The van der Waals surface area contributed by atoms with Crippen LogP contribution >= 0.6 is 0 Å². The third kappa shape index (κ3) is 4.27. The van der Waals surface area contributed by atoms with Gasteiger partial charge in [0.2, 0.25) is 5.91 Å². The molecule has 1 aromatic carbocycles. The van der Waals surface area contributed by atoms with Gasteiger partial charge in [0.25, 0.3) is 0 Å². The fourth-order valence-electron chi connectivity index (χ4n) is 2.97. The summed E-state index contributed by atoms with van der Waals surface area (Å²) in [4.78, 5) is 12.3. The summed E-state index contributed by atoms with van der Waals surface area (Å²) in [6, 6.07) is 7.42. The first kappa shape index (κ1) is 17.4. The number of carbonyl (C=O) groups is 1. The smallest absolute Gasteiger partial charge is 0.224 e. The molecule has 0 saturated heterocycles. The molecule has 23 heavy (non-hydrogen) atoms. The van der Waals surface area contributed by atoms with Gasteiger partial charge in [0.05, 0.1) is 19.6 Å². The minimum absolute atomic E-state index is 0.0538. The Bertz CT molecular complexity index is 571. The van der Waals surface area contributed by atoms with Crippen molar-refractivity contribution in [2.24, 2.45) is 17.3 Å². The monoisotopic (exact) mass is 317 g/mol. The van der Waals surface area contributed by atoms with Crippen molar-refractivity contribution in [3.63, 3.8) is 0 Å². The van der Waals surface area contributed by atoms with E-state index in [4.69, 9.17) is 9.47 Å². The molecular weight excluding hydrogens is 290 g/mol. The van der Waals surface area contributed by atoms with Crippen molar-refractivity contribution in [3.8, 4) is 11.5 Å². The van der Waals surface area contributed by atoms with E-state index < -0.39 is 0 Å². The van der Waals surface area contributed by atoms with Crippen LogP contribution in [-0.4, -0.2) is 26.2 Å². The number of methoxy groups -OCH3 is 1. The molecule has 0 radical (unpaired) electrons. The average molecular weight is 317 g/mol. The van der Waals surface area contributed by atoms with Crippen LogP contribution in [0.1, 0.15) is 27.7 Å². The second-order valence-corrected chi connectivity index (χ2v) is 6.88. The van der Waals surface area contributed by atoms with E-state index in [-0.39, 0.29) is 17.2 Å². The van der Waals surface area contributed by atoms with Crippen molar-refractivity contribution in [2.45, 2.75) is 27.7 Å². The molecule has 0 heterocycles. The van der Waals surface area contributed by atoms with Gasteiger partial charge in [-0.25, -0.2) is 0 Å². The highest BCUT2D eigenvalue weighted by molar-refractivity contribution is 5.83. The van der Waals surface area contributed by atoms with E-state index in [1.807, 2.05) is 24.3 Å². The number of ether oxygens (including phenoxy) is 2. The molecule has 1 amide bonds. The van der Waals surface area contributed by atoms with Crippen LogP contribution in [0.3, 0.4) is 0 Å². The van der Waals surface area contributed by atoms with Crippen molar-refractivity contribution in [2.75, 3.05) is 20.3 Å². The van der Waals surface area contributed by atoms with Crippen LogP contribution in [0.2, 0.25) is 0 Å². The summed E-state index contributed by atoms with van der Waals surface area (Å²) in [6.45, 7) is 9.42. The third-order valence-electron chi connectivity index (χ3n) is 4.44. The molecule has 4 heteroatoms. The summed E-state index contributed by atoms with van der Waals surface area (Å²) in [6.07, 6.45) is 2.21. The SMILES string of the molecule is COc1ccc(OCCNC(=O)[C@H]2[C@@H](C=C(C)C)C2(C)C)cc1. The summed E-state index contributed by atoms with van der Waals surface area (Å²) in [5, 5.41) is 2.98. The molecule has 0 aliphatic heterocycles. The zero-order valence-electron chi connectivity index (χ0n) is 14.7. The molecule has 1 saturated carbocycles. The lowest BCUT2D eigenvalue weighted by Crippen LogP contribution is -2.30. The lowest BCUT2D eigenvalue weighted by molar-refractivity contribution is -0.123. The Morgan fingerprint density at radius 3 is 2.39 bits per heavy atom. The number of benzene rings is 1. The van der Waals surface area contributed by atoms with Gasteiger partial charge in [0.1, 0.15) is 18.1 Å². The molecule has 0 spiro atoms. The topological polar surface area (TPSA) is 47.6 Å². The van der Waals surface area contributed by atoms with E-state index in [1.54, 1.807) is 7.11 Å². The highest BCUT2D eigenvalue weighted by Gasteiger charge is 2.60. The van der Waals surface area contributed by atoms with E-state index >= 15 is 0 Å². The fourth-order valence-corrected chi connectivity index (χ4v) is 2.97. The lowest BCUT2D eigenvalue weighted by Gasteiger charge is -2.09. The zero-order valence-corrected chi connectivity index (χ0v) is 14.7. The van der Waals surface area contributed by atoms with Crippen molar-refractivity contribution >= 4 is 5.91 Å². The van der Waals surface area contributed by atoms with E-state index in [2.05, 4.69) is 39.1 Å². The number of hydrogen-bond acceptors (Lipinski definition) is 3. The standard InChI is InChI=1S/C19H27NO3/c1-13(2)12-16-17(19(16,3)4)18(21)20-10-11-23-15-8-6-14(22-5)7-9-15/h6-9,12,16-17H,10-11H2,1-5H3,(H,20,21)/t16-,17-/m1/s1. The van der Waals surface area contributed by atoms with E-state index in [0.717, 1.165) is 11.5 Å². The molecule has 0 aromatic heterocycles. The number of nitrogens with one attached hydrogen (secondary N) is 1. The van der Waals surface area contributed by atoms with Crippen LogP contribution in [0.5, 0.6) is 11.5 Å². The van der Waals surface area contributed by atoms with Crippen molar-refractivity contribution in [1.82, 2.24) is 5.32 Å². The van der Waals surface area contributed by atoms with Gasteiger partial charge in [-0.2, -0.15) is 0 Å². The molecular formula is C19H27NO3. The van der Waals surface area contributed by atoms with Crippen LogP contribution in [0.25, 0.3) is 0 Å². The van der Waals surface area contributed by atoms with Gasteiger partial charge in [0.15, 0.2) is 0 Å². The maximum atomic E-state index is 12.3. The maximum absolute atomic E-state index is 12.3. The summed E-state index contributed by atoms with van der Waals surface area (Å²) < 4.78 is 10.7. The number of rotatable bonds is 7. The van der Waals surface area contributed by atoms with Gasteiger partial charge in [-0.3, -0.25) is 4.79 Å². The Balaban J connectivity index is 1.74. The average Bonchev–Trinajstić information content (AvgIpc) is 3.04. The molecule has 2 rings (SSSR count). The second kappa shape index (κ2) is 7.07. The predicted molar refractivity (Wildman–Crippen MR) is 91.7 cm³/mol. The lowest BCUT2D eigenvalue weighted by atomic mass is 10.1. The second-order valence-electron chi connectivity index (χ2n) is 6.88. The minimum atomic E-state index is 0.0538. The summed E-state index contributed by atoms with van der Waals surface area (Å²) in [7, 11) is 1.63. The highest BCUT2D eigenvalue weighted by Crippen LogP contribution is 2.59. The maximum Gasteiger partial charge on any atom is 0.224 e. The predicted octanol–water partition coefficient (Wildman–Crippen LogP) is 3.43. The number of hydrogen-bond donors (Lipinski definition) is 1. The molecule has 1 aliphatic rings. The van der Waals surface area contributed by atoms with Crippen molar-refractivity contribution in [3.05, 3.63) is 35.9 Å². The Labute approximate surface area is 138 Å². The minimum Gasteiger partial charge on any atom is -0.497 e. The summed E-state index contributed by atoms with van der Waals surface area (Å²) >= 11 is 0. The van der Waals surface area contributed by atoms with E-state index in [9.17, 15) is 4.79 Å². The van der Waals surface area contributed by atoms with Gasteiger partial charge >= 0.3 is 0 Å². The van der Waals surface area contributed by atoms with Gasteiger partial charge in [-0.1, -0.05) is 25.5 Å². The van der Waals surface area contributed by atoms with Crippen LogP contribution in [0.4, 0.5) is 0 Å². The molecule has 1 fully saturated rings. The Hall–Kier alpha value is -1.97. The molecule has 2 atom stereocenters. The van der Waals surface area contributed by atoms with Gasteiger partial charge in [0, 0.05) is 0 Å². The number of amides is 1. The molecule has 1 N–H and O–H groups in total. The first-order chi connectivity index (χ1) is 10.9. The zero-order chi connectivity index (χ0) is 17.0. The van der Waals surface area contributed by atoms with E-state index in [1.165, 1.54) is 5.57 Å². The molecule has 0 bridgehead atoms. The molecule has 126 valence electrons. The molecule has 1 aliphatic carbocycles. The van der Waals surface area contributed by atoms with Crippen LogP contribution in [0, 0.1) is 17.3 Å². The van der Waals surface area contributed by atoms with Crippen LogP contribution in [0.15, 0.2) is 35.9 Å². The first-order valence-corrected chi connectivity index (χ1v) is 8.06. The highest BCUT2D eigenvalue weighted by atomic mass is 16.5. The number of allylic oxidation sites excluding steroid dienone is 2.